The summed E-state index contributed by atoms with van der Waals surface area (Å²) in [6.07, 6.45) is 13.4. The summed E-state index contributed by atoms with van der Waals surface area (Å²) in [5.74, 6) is 0. The average molecular weight is 273 g/mol. The summed E-state index contributed by atoms with van der Waals surface area (Å²) in [6, 6.07) is 0. The van der Waals surface area contributed by atoms with E-state index in [0.29, 0.717) is 0 Å². The van der Waals surface area contributed by atoms with Crippen LogP contribution in [0.4, 0.5) is 0 Å². The Morgan fingerprint density at radius 2 is 1.16 bits per heavy atom. The molecular formula is C16H35NO2. The zero-order chi connectivity index (χ0) is 14.4. The number of hydroxylamine groups is 3. The van der Waals surface area contributed by atoms with Crippen molar-refractivity contribution in [2.45, 2.75) is 71.1 Å². The maximum atomic E-state index is 11.3. The second-order valence-electron chi connectivity index (χ2n) is 6.09. The Hall–Kier alpha value is -0.120. The smallest absolute Gasteiger partial charge is 0.0779 e. The van der Waals surface area contributed by atoms with Gasteiger partial charge >= 0.3 is 0 Å². The number of epoxide rings is 1. The lowest BCUT2D eigenvalue weighted by molar-refractivity contribution is -0.840. The number of hydrogen-bond acceptors (Lipinski definition) is 2. The van der Waals surface area contributed by atoms with Gasteiger partial charge in [-0.05, 0) is 12.8 Å². The maximum Gasteiger partial charge on any atom is 0.0779 e. The third-order valence-corrected chi connectivity index (χ3v) is 3.25. The van der Waals surface area contributed by atoms with Crippen molar-refractivity contribution in [1.82, 2.24) is 0 Å². The zero-order valence-corrected chi connectivity index (χ0v) is 13.5. The molecule has 0 bridgehead atoms. The summed E-state index contributed by atoms with van der Waals surface area (Å²) >= 11 is 0. The normalized spacial score (nSPS) is 13.9. The average Bonchev–Trinajstić information content (AvgIpc) is 3.18. The van der Waals surface area contributed by atoms with Crippen LogP contribution in [-0.2, 0) is 4.74 Å². The van der Waals surface area contributed by atoms with Gasteiger partial charge in [-0.25, -0.2) is 0 Å². The van der Waals surface area contributed by atoms with Gasteiger partial charge in [-0.15, -0.1) is 0 Å². The van der Waals surface area contributed by atoms with E-state index in [9.17, 15) is 5.21 Å². The lowest BCUT2D eigenvalue weighted by Gasteiger charge is -2.33. The fourth-order valence-electron chi connectivity index (χ4n) is 1.98. The van der Waals surface area contributed by atoms with Crippen LogP contribution in [-0.4, -0.2) is 38.5 Å². The number of rotatable bonds is 11. The van der Waals surface area contributed by atoms with Crippen LogP contribution in [0.2, 0.25) is 0 Å². The van der Waals surface area contributed by atoms with Crippen molar-refractivity contribution in [1.29, 1.82) is 0 Å². The van der Waals surface area contributed by atoms with Gasteiger partial charge in [0.15, 0.2) is 0 Å². The van der Waals surface area contributed by atoms with Gasteiger partial charge in [0.05, 0.1) is 33.9 Å². The first kappa shape index (κ1) is 18.9. The van der Waals surface area contributed by atoms with Crippen LogP contribution in [0, 0.1) is 5.21 Å². The van der Waals surface area contributed by atoms with E-state index in [4.69, 9.17) is 0 Å². The number of nitrogens with zero attached hydrogens (tertiary/aromatic N) is 1. The van der Waals surface area contributed by atoms with E-state index in [-0.39, 0.29) is 4.65 Å². The Kier molecular flexibility index (Phi) is 12.8. The van der Waals surface area contributed by atoms with Crippen molar-refractivity contribution in [3.63, 3.8) is 0 Å². The van der Waals surface area contributed by atoms with Crippen LogP contribution in [0.3, 0.4) is 0 Å². The second kappa shape index (κ2) is 12.9. The Balaban J connectivity index is 0.000000934. The predicted molar refractivity (Wildman–Crippen MR) is 83.0 cm³/mol. The molecule has 0 saturated carbocycles. The molecule has 1 fully saturated rings. The van der Waals surface area contributed by atoms with Crippen LogP contribution >= 0.6 is 0 Å². The summed E-state index contributed by atoms with van der Waals surface area (Å²) in [6.45, 7) is 5.03. The number of quaternary nitrogens is 1. The van der Waals surface area contributed by atoms with Gasteiger partial charge in [-0.3, -0.25) is 0 Å². The molecule has 19 heavy (non-hydrogen) atoms. The molecule has 116 valence electrons. The SMILES string of the molecule is C1CO1.CCCCCCCCCCCC[N+](C)(C)[O-]. The van der Waals surface area contributed by atoms with Crippen LogP contribution in [0.15, 0.2) is 0 Å². The largest absolute Gasteiger partial charge is 0.633 e. The molecule has 0 radical (unpaired) electrons. The van der Waals surface area contributed by atoms with Crippen molar-refractivity contribution in [2.75, 3.05) is 33.9 Å². The van der Waals surface area contributed by atoms with Crippen molar-refractivity contribution >= 4 is 0 Å². The Bertz CT molecular complexity index is 173. The van der Waals surface area contributed by atoms with E-state index in [2.05, 4.69) is 11.7 Å². The molecule has 0 N–H and O–H groups in total. The van der Waals surface area contributed by atoms with E-state index < -0.39 is 0 Å². The first-order valence-corrected chi connectivity index (χ1v) is 8.18. The molecule has 0 atom stereocenters. The molecule has 0 aromatic carbocycles. The monoisotopic (exact) mass is 273 g/mol. The van der Waals surface area contributed by atoms with Gasteiger partial charge < -0.3 is 14.6 Å². The Morgan fingerprint density at radius 3 is 1.47 bits per heavy atom. The van der Waals surface area contributed by atoms with Gasteiger partial charge in [0, 0.05) is 0 Å². The van der Waals surface area contributed by atoms with Gasteiger partial charge in [-0.2, -0.15) is 0 Å². The molecule has 1 rings (SSSR count). The van der Waals surface area contributed by atoms with E-state index >= 15 is 0 Å². The molecular weight excluding hydrogens is 238 g/mol. The van der Waals surface area contributed by atoms with E-state index in [1.807, 2.05) is 0 Å². The van der Waals surface area contributed by atoms with Crippen molar-refractivity contribution in [3.8, 4) is 0 Å². The number of ether oxygens (including phenoxy) is 1. The highest BCUT2D eigenvalue weighted by Gasteiger charge is 2.00. The Labute approximate surface area is 120 Å². The van der Waals surface area contributed by atoms with E-state index in [0.717, 1.165) is 26.2 Å². The molecule has 0 aromatic rings. The van der Waals surface area contributed by atoms with Gasteiger partial charge in [0.2, 0.25) is 0 Å². The lowest BCUT2D eigenvalue weighted by atomic mass is 10.1. The van der Waals surface area contributed by atoms with Crippen molar-refractivity contribution in [2.24, 2.45) is 0 Å². The highest BCUT2D eigenvalue weighted by atomic mass is 16.6. The zero-order valence-electron chi connectivity index (χ0n) is 13.5. The van der Waals surface area contributed by atoms with Crippen LogP contribution in [0.25, 0.3) is 0 Å². The van der Waals surface area contributed by atoms with E-state index in [1.54, 1.807) is 14.1 Å². The topological polar surface area (TPSA) is 35.6 Å². The van der Waals surface area contributed by atoms with Gasteiger partial charge in [0.25, 0.3) is 0 Å². The molecule has 0 spiro atoms. The second-order valence-corrected chi connectivity index (χ2v) is 6.09. The third kappa shape index (κ3) is 23.4. The minimum absolute atomic E-state index is 0.128. The summed E-state index contributed by atoms with van der Waals surface area (Å²) in [4.78, 5) is 0. The standard InChI is InChI=1S/C14H31NO.C2H4O/c1-4-5-6-7-8-9-10-11-12-13-14-15(2,3)16;1-2-3-1/h4-14H2,1-3H3;1-2H2. The fraction of sp³-hybridized carbons (Fsp3) is 1.00. The third-order valence-electron chi connectivity index (χ3n) is 3.25. The quantitative estimate of drug-likeness (QED) is 0.240. The van der Waals surface area contributed by atoms with Crippen molar-refractivity contribution < 1.29 is 9.38 Å². The van der Waals surface area contributed by atoms with Crippen LogP contribution < -0.4 is 0 Å². The highest BCUT2D eigenvalue weighted by Crippen LogP contribution is 2.11. The number of hydrogen-bond donors (Lipinski definition) is 0. The summed E-state index contributed by atoms with van der Waals surface area (Å²) in [5.41, 5.74) is 0. The predicted octanol–water partition coefficient (Wildman–Crippen LogP) is 4.50. The molecule has 0 unspecified atom stereocenters. The van der Waals surface area contributed by atoms with Crippen LogP contribution in [0.5, 0.6) is 0 Å². The molecule has 1 saturated heterocycles. The summed E-state index contributed by atoms with van der Waals surface area (Å²) in [5, 5.41) is 11.3. The minimum Gasteiger partial charge on any atom is -0.633 e. The minimum atomic E-state index is -0.128. The molecule has 3 heteroatoms. The fourth-order valence-corrected chi connectivity index (χ4v) is 1.98. The summed E-state index contributed by atoms with van der Waals surface area (Å²) < 4.78 is 4.37. The van der Waals surface area contributed by atoms with Crippen LogP contribution in [0.1, 0.15) is 71.1 Å². The maximum absolute atomic E-state index is 11.3. The molecule has 0 aliphatic carbocycles. The highest BCUT2D eigenvalue weighted by molar-refractivity contribution is 4.47. The molecule has 1 heterocycles. The van der Waals surface area contributed by atoms with Gasteiger partial charge in [0.1, 0.15) is 0 Å². The molecule has 0 aromatic heterocycles. The summed E-state index contributed by atoms with van der Waals surface area (Å²) in [7, 11) is 3.46. The van der Waals surface area contributed by atoms with Crippen molar-refractivity contribution in [3.05, 3.63) is 5.21 Å². The van der Waals surface area contributed by atoms with Gasteiger partial charge in [-0.1, -0.05) is 58.3 Å². The first-order chi connectivity index (χ1) is 9.06. The molecule has 1 aliphatic heterocycles. The Morgan fingerprint density at radius 1 is 0.789 bits per heavy atom. The lowest BCUT2D eigenvalue weighted by Crippen LogP contribution is -2.32. The first-order valence-electron chi connectivity index (χ1n) is 8.18. The van der Waals surface area contributed by atoms with E-state index in [1.165, 1.54) is 57.8 Å². The number of unbranched alkanes of at least 4 members (excludes halogenated alkanes) is 9. The molecule has 3 nitrogen and oxygen atoms in total. The molecule has 0 amide bonds. The molecule has 1 aliphatic rings.